The smallest absolute Gasteiger partial charge is 0.269 e. The van der Waals surface area contributed by atoms with Gasteiger partial charge in [0.1, 0.15) is 0 Å². The van der Waals surface area contributed by atoms with Crippen molar-refractivity contribution in [3.8, 4) is 6.07 Å². The van der Waals surface area contributed by atoms with Gasteiger partial charge in [0.25, 0.3) is 11.2 Å². The van der Waals surface area contributed by atoms with Gasteiger partial charge in [-0.1, -0.05) is 50.7 Å². The van der Waals surface area contributed by atoms with E-state index in [0.29, 0.717) is 23.2 Å². The summed E-state index contributed by atoms with van der Waals surface area (Å²) in [5.74, 6) is 0. The Kier molecular flexibility index (Phi) is 8.15. The van der Waals surface area contributed by atoms with Crippen molar-refractivity contribution in [1.29, 1.82) is 5.26 Å². The van der Waals surface area contributed by atoms with Crippen LogP contribution in [0.1, 0.15) is 62.1 Å². The maximum absolute atomic E-state index is 13.4. The fourth-order valence-electron chi connectivity index (χ4n) is 4.00. The summed E-state index contributed by atoms with van der Waals surface area (Å²) in [6, 6.07) is 15.8. The minimum absolute atomic E-state index is 0.0430. The van der Waals surface area contributed by atoms with E-state index in [1.165, 1.54) is 43.5 Å². The molecule has 1 aromatic heterocycles. The number of fused-ring (bicyclic) bond motifs is 1. The molecule has 0 N–H and O–H groups in total. The molecule has 0 spiro atoms. The fourth-order valence-corrected chi connectivity index (χ4v) is 4.00. The van der Waals surface area contributed by atoms with Crippen LogP contribution in [0.5, 0.6) is 0 Å². The summed E-state index contributed by atoms with van der Waals surface area (Å²) in [5, 5.41) is 21.6. The summed E-state index contributed by atoms with van der Waals surface area (Å²) in [5.41, 5.74) is 3.08. The first-order valence-corrected chi connectivity index (χ1v) is 11.5. The van der Waals surface area contributed by atoms with Crippen LogP contribution in [0.4, 0.5) is 5.69 Å². The maximum Gasteiger partial charge on any atom is 0.269 e. The molecule has 0 aliphatic heterocycles. The van der Waals surface area contributed by atoms with E-state index < -0.39 is 4.92 Å². The van der Waals surface area contributed by atoms with Crippen LogP contribution in [0.2, 0.25) is 0 Å². The molecule has 33 heavy (non-hydrogen) atoms. The number of hydrogen-bond donors (Lipinski definition) is 0. The molecule has 0 bridgehead atoms. The number of allylic oxidation sites excluding steroid dienone is 1. The molecule has 0 aliphatic carbocycles. The summed E-state index contributed by atoms with van der Waals surface area (Å²) < 4.78 is 1.81. The van der Waals surface area contributed by atoms with Gasteiger partial charge in [-0.3, -0.25) is 14.9 Å². The third-order valence-electron chi connectivity index (χ3n) is 5.82. The lowest BCUT2D eigenvalue weighted by Gasteiger charge is -2.13. The van der Waals surface area contributed by atoms with Gasteiger partial charge in [-0.25, -0.2) is 0 Å². The second kappa shape index (κ2) is 11.2. The highest BCUT2D eigenvalue weighted by molar-refractivity contribution is 5.91. The molecule has 0 atom stereocenters. The van der Waals surface area contributed by atoms with Crippen molar-refractivity contribution in [2.24, 2.45) is 0 Å². The quantitative estimate of drug-likeness (QED) is 0.152. The second-order valence-electron chi connectivity index (χ2n) is 8.36. The largest absolute Gasteiger partial charge is 0.308 e. The SMILES string of the molecule is CCCCCCCCn1c(=O)c(/C=C(\C#N)c2ccc([N+](=O)[O-])cc2)cc2cc(C)ccc21. The van der Waals surface area contributed by atoms with Crippen molar-refractivity contribution in [1.82, 2.24) is 4.57 Å². The van der Waals surface area contributed by atoms with E-state index in [0.717, 1.165) is 35.7 Å². The Bertz CT molecular complexity index is 1260. The Hall–Kier alpha value is -3.72. The summed E-state index contributed by atoms with van der Waals surface area (Å²) in [7, 11) is 0. The summed E-state index contributed by atoms with van der Waals surface area (Å²) in [4.78, 5) is 23.8. The molecule has 0 saturated carbocycles. The molecule has 2 aromatic carbocycles. The zero-order valence-electron chi connectivity index (χ0n) is 19.2. The summed E-state index contributed by atoms with van der Waals surface area (Å²) in [6.07, 6.45) is 8.41. The van der Waals surface area contributed by atoms with E-state index in [1.807, 2.05) is 35.8 Å². The first-order valence-electron chi connectivity index (χ1n) is 11.5. The van der Waals surface area contributed by atoms with E-state index in [9.17, 15) is 20.2 Å². The van der Waals surface area contributed by atoms with Crippen LogP contribution in [0, 0.1) is 28.4 Å². The number of nitriles is 1. The molecule has 0 fully saturated rings. The first kappa shape index (κ1) is 23.9. The van der Waals surface area contributed by atoms with Gasteiger partial charge >= 0.3 is 0 Å². The highest BCUT2D eigenvalue weighted by atomic mass is 16.6. The van der Waals surface area contributed by atoms with Crippen LogP contribution in [-0.2, 0) is 6.54 Å². The lowest BCUT2D eigenvalue weighted by atomic mass is 10.0. The molecule has 0 saturated heterocycles. The molecular formula is C27H29N3O3. The predicted octanol–water partition coefficient (Wildman–Crippen LogP) is 6.64. The van der Waals surface area contributed by atoms with Gasteiger partial charge in [0.2, 0.25) is 0 Å². The average molecular weight is 444 g/mol. The molecule has 1 heterocycles. The standard InChI is InChI=1S/C27H29N3O3/c1-3-4-5-6-7-8-15-29-26-14-9-20(2)16-22(26)17-23(27(29)31)18-24(19-28)21-10-12-25(13-11-21)30(32)33/h9-14,16-18H,3-8,15H2,1-2H3/b24-18+. The normalized spacial score (nSPS) is 11.5. The van der Waals surface area contributed by atoms with Gasteiger partial charge in [-0.15, -0.1) is 0 Å². The van der Waals surface area contributed by atoms with Gasteiger partial charge in [0.15, 0.2) is 0 Å². The Morgan fingerprint density at radius 2 is 1.76 bits per heavy atom. The molecule has 3 aromatic rings. The number of rotatable bonds is 10. The van der Waals surface area contributed by atoms with Gasteiger partial charge in [-0.2, -0.15) is 5.26 Å². The van der Waals surface area contributed by atoms with Crippen molar-refractivity contribution in [2.45, 2.75) is 58.9 Å². The number of pyridine rings is 1. The molecule has 3 rings (SSSR count). The predicted molar refractivity (Wildman–Crippen MR) is 133 cm³/mol. The zero-order valence-corrected chi connectivity index (χ0v) is 19.2. The molecule has 6 nitrogen and oxygen atoms in total. The summed E-state index contributed by atoms with van der Waals surface area (Å²) >= 11 is 0. The van der Waals surface area contributed by atoms with E-state index in [-0.39, 0.29) is 11.2 Å². The number of nitro benzene ring substituents is 1. The number of unbranched alkanes of at least 4 members (excludes halogenated alkanes) is 5. The number of nitrogens with zero attached hydrogens (tertiary/aromatic N) is 3. The molecule has 6 heteroatoms. The van der Waals surface area contributed by atoms with Gasteiger partial charge in [0.05, 0.1) is 22.1 Å². The van der Waals surface area contributed by atoms with Crippen LogP contribution in [0.25, 0.3) is 22.6 Å². The number of benzene rings is 2. The van der Waals surface area contributed by atoms with Gasteiger partial charge in [0, 0.05) is 24.2 Å². The first-order chi connectivity index (χ1) is 15.9. The topological polar surface area (TPSA) is 88.9 Å². The lowest BCUT2D eigenvalue weighted by Crippen LogP contribution is -2.23. The Balaban J connectivity index is 1.99. The van der Waals surface area contributed by atoms with Crippen LogP contribution in [-0.4, -0.2) is 9.49 Å². The van der Waals surface area contributed by atoms with Crippen LogP contribution in [0.15, 0.2) is 53.3 Å². The van der Waals surface area contributed by atoms with Gasteiger partial charge < -0.3 is 4.57 Å². The number of aromatic nitrogens is 1. The van der Waals surface area contributed by atoms with Crippen molar-refractivity contribution in [3.63, 3.8) is 0 Å². The van der Waals surface area contributed by atoms with Crippen LogP contribution < -0.4 is 5.56 Å². The summed E-state index contributed by atoms with van der Waals surface area (Å²) in [6.45, 7) is 4.83. The van der Waals surface area contributed by atoms with Crippen molar-refractivity contribution in [3.05, 3.63) is 85.7 Å². The zero-order chi connectivity index (χ0) is 23.8. The van der Waals surface area contributed by atoms with E-state index in [1.54, 1.807) is 6.08 Å². The average Bonchev–Trinajstić information content (AvgIpc) is 2.81. The van der Waals surface area contributed by atoms with Crippen molar-refractivity contribution >= 4 is 28.2 Å². The monoisotopic (exact) mass is 443 g/mol. The Labute approximate surface area is 193 Å². The number of nitro groups is 1. The molecule has 170 valence electrons. The third kappa shape index (κ3) is 5.95. The number of non-ortho nitro benzene ring substituents is 1. The second-order valence-corrected chi connectivity index (χ2v) is 8.36. The minimum Gasteiger partial charge on any atom is -0.308 e. The van der Waals surface area contributed by atoms with Crippen molar-refractivity contribution in [2.75, 3.05) is 0 Å². The molecular weight excluding hydrogens is 414 g/mol. The Morgan fingerprint density at radius 3 is 2.42 bits per heavy atom. The molecule has 0 radical (unpaired) electrons. The number of hydrogen-bond acceptors (Lipinski definition) is 4. The van der Waals surface area contributed by atoms with Crippen LogP contribution >= 0.6 is 0 Å². The van der Waals surface area contributed by atoms with E-state index in [2.05, 4.69) is 13.0 Å². The third-order valence-corrected chi connectivity index (χ3v) is 5.82. The molecule has 0 unspecified atom stereocenters. The molecule has 0 aliphatic rings. The minimum atomic E-state index is -0.480. The Morgan fingerprint density at radius 1 is 1.06 bits per heavy atom. The molecule has 0 amide bonds. The lowest BCUT2D eigenvalue weighted by molar-refractivity contribution is -0.384. The highest BCUT2D eigenvalue weighted by Gasteiger charge is 2.11. The fraction of sp³-hybridized carbons (Fsp3) is 0.333. The maximum atomic E-state index is 13.4. The highest BCUT2D eigenvalue weighted by Crippen LogP contribution is 2.22. The van der Waals surface area contributed by atoms with E-state index in [4.69, 9.17) is 0 Å². The van der Waals surface area contributed by atoms with E-state index >= 15 is 0 Å². The van der Waals surface area contributed by atoms with Crippen molar-refractivity contribution < 1.29 is 4.92 Å². The van der Waals surface area contributed by atoms with Gasteiger partial charge in [-0.05, 0) is 60.7 Å². The van der Waals surface area contributed by atoms with Crippen LogP contribution in [0.3, 0.4) is 0 Å². The number of aryl methyl sites for hydroxylation is 2.